The molecule has 0 aliphatic carbocycles. The van der Waals surface area contributed by atoms with Gasteiger partial charge in [-0.1, -0.05) is 0 Å². The van der Waals surface area contributed by atoms with E-state index in [0.29, 0.717) is 22.3 Å². The molecule has 2 rings (SSSR count). The Morgan fingerprint density at radius 2 is 1.88 bits per heavy atom. The average molecular weight is 218 g/mol. The molecule has 0 atom stereocenters. The molecule has 0 saturated heterocycles. The van der Waals surface area contributed by atoms with E-state index >= 15 is 0 Å². The second-order valence-electron chi connectivity index (χ2n) is 3.76. The van der Waals surface area contributed by atoms with Gasteiger partial charge in [-0.3, -0.25) is 4.79 Å². The third-order valence-electron chi connectivity index (χ3n) is 2.51. The van der Waals surface area contributed by atoms with Crippen LogP contribution in [0.25, 0.3) is 0 Å². The highest BCUT2D eigenvalue weighted by Crippen LogP contribution is 2.20. The Kier molecular flexibility index (Phi) is 2.60. The lowest BCUT2D eigenvalue weighted by molar-refractivity contribution is 0.103. The number of ketones is 1. The molecule has 0 fully saturated rings. The third-order valence-corrected chi connectivity index (χ3v) is 2.51. The fourth-order valence-corrected chi connectivity index (χ4v) is 1.81. The van der Waals surface area contributed by atoms with E-state index in [1.165, 1.54) is 24.7 Å². The summed E-state index contributed by atoms with van der Waals surface area (Å²) in [5.41, 5.74) is 2.31. The van der Waals surface area contributed by atoms with E-state index in [4.69, 9.17) is 4.42 Å². The highest BCUT2D eigenvalue weighted by Gasteiger charge is 2.16. The van der Waals surface area contributed by atoms with Crippen LogP contribution in [0.3, 0.4) is 0 Å². The Morgan fingerprint density at radius 1 is 1.25 bits per heavy atom. The van der Waals surface area contributed by atoms with E-state index in [0.717, 1.165) is 0 Å². The number of furan rings is 1. The van der Waals surface area contributed by atoms with Gasteiger partial charge >= 0.3 is 0 Å². The summed E-state index contributed by atoms with van der Waals surface area (Å²) < 4.78 is 18.0. The van der Waals surface area contributed by atoms with Crippen molar-refractivity contribution in [3.8, 4) is 0 Å². The van der Waals surface area contributed by atoms with Crippen LogP contribution < -0.4 is 0 Å². The predicted molar refractivity (Wildman–Crippen MR) is 58.0 cm³/mol. The van der Waals surface area contributed by atoms with Crippen LogP contribution in [-0.2, 0) is 0 Å². The van der Waals surface area contributed by atoms with Crippen LogP contribution in [0.5, 0.6) is 0 Å². The van der Waals surface area contributed by atoms with E-state index in [9.17, 15) is 9.18 Å². The molecule has 3 heteroatoms. The van der Waals surface area contributed by atoms with Gasteiger partial charge in [-0.05, 0) is 43.2 Å². The highest BCUT2D eigenvalue weighted by molar-refractivity contribution is 6.10. The molecule has 82 valence electrons. The highest BCUT2D eigenvalue weighted by atomic mass is 19.1. The average Bonchev–Trinajstić information content (AvgIpc) is 2.67. The van der Waals surface area contributed by atoms with E-state index in [1.54, 1.807) is 19.9 Å². The van der Waals surface area contributed by atoms with Crippen LogP contribution in [0.2, 0.25) is 0 Å². The summed E-state index contributed by atoms with van der Waals surface area (Å²) in [6, 6.07) is 4.32. The maximum atomic E-state index is 13.1. The topological polar surface area (TPSA) is 30.2 Å². The van der Waals surface area contributed by atoms with Crippen LogP contribution >= 0.6 is 0 Å². The minimum Gasteiger partial charge on any atom is -0.472 e. The lowest BCUT2D eigenvalue weighted by Crippen LogP contribution is -2.05. The first-order valence-electron chi connectivity index (χ1n) is 4.93. The van der Waals surface area contributed by atoms with Gasteiger partial charge in [0.2, 0.25) is 0 Å². The monoisotopic (exact) mass is 218 g/mol. The fourth-order valence-electron chi connectivity index (χ4n) is 1.81. The van der Waals surface area contributed by atoms with Crippen molar-refractivity contribution < 1.29 is 13.6 Å². The fraction of sp³-hybridized carbons (Fsp3) is 0.154. The van der Waals surface area contributed by atoms with Crippen molar-refractivity contribution in [2.24, 2.45) is 0 Å². The summed E-state index contributed by atoms with van der Waals surface area (Å²) in [5, 5.41) is 0. The van der Waals surface area contributed by atoms with Crippen molar-refractivity contribution in [3.63, 3.8) is 0 Å². The molecule has 0 bridgehead atoms. The number of benzene rings is 1. The number of carbonyl (C=O) groups excluding carboxylic acids is 1. The van der Waals surface area contributed by atoms with Gasteiger partial charge in [0.05, 0.1) is 11.8 Å². The SMILES string of the molecule is Cc1cc(F)cc(C)c1C(=O)c1ccoc1. The standard InChI is InChI=1S/C13H11FO2/c1-8-5-11(14)6-9(2)12(8)13(15)10-3-4-16-7-10/h3-7H,1-2H3. The molecule has 0 N–H and O–H groups in total. The molecule has 0 unspecified atom stereocenters. The van der Waals surface area contributed by atoms with E-state index in [-0.39, 0.29) is 11.6 Å². The Balaban J connectivity index is 2.53. The molecule has 1 aromatic heterocycles. The second kappa shape index (κ2) is 3.93. The van der Waals surface area contributed by atoms with Crippen molar-refractivity contribution in [1.29, 1.82) is 0 Å². The van der Waals surface area contributed by atoms with Crippen LogP contribution in [0.15, 0.2) is 35.1 Å². The van der Waals surface area contributed by atoms with Gasteiger partial charge in [0, 0.05) is 5.56 Å². The van der Waals surface area contributed by atoms with E-state index in [2.05, 4.69) is 0 Å². The third kappa shape index (κ3) is 1.76. The predicted octanol–water partition coefficient (Wildman–Crippen LogP) is 3.27. The van der Waals surface area contributed by atoms with E-state index in [1.807, 2.05) is 0 Å². The maximum absolute atomic E-state index is 13.1. The molecule has 1 heterocycles. The first-order chi connectivity index (χ1) is 7.59. The first-order valence-corrected chi connectivity index (χ1v) is 4.93. The largest absolute Gasteiger partial charge is 0.472 e. The normalized spacial score (nSPS) is 10.4. The van der Waals surface area contributed by atoms with Gasteiger partial charge in [0.15, 0.2) is 5.78 Å². The zero-order valence-electron chi connectivity index (χ0n) is 9.08. The van der Waals surface area contributed by atoms with Gasteiger partial charge in [-0.15, -0.1) is 0 Å². The van der Waals surface area contributed by atoms with Gasteiger partial charge in [-0.2, -0.15) is 0 Å². The molecular formula is C13H11FO2. The molecule has 0 aliphatic heterocycles. The number of halogens is 1. The molecule has 2 aromatic rings. The van der Waals surface area contributed by atoms with E-state index < -0.39 is 0 Å². The number of hydrogen-bond acceptors (Lipinski definition) is 2. The Hall–Kier alpha value is -1.90. The molecular weight excluding hydrogens is 207 g/mol. The molecule has 0 spiro atoms. The first kappa shape index (κ1) is 10.6. The summed E-state index contributed by atoms with van der Waals surface area (Å²) >= 11 is 0. The lowest BCUT2D eigenvalue weighted by Gasteiger charge is -2.07. The number of hydrogen-bond donors (Lipinski definition) is 0. The molecule has 0 aliphatic rings. The zero-order valence-corrected chi connectivity index (χ0v) is 9.08. The van der Waals surface area contributed by atoms with Gasteiger partial charge in [-0.25, -0.2) is 4.39 Å². The van der Waals surface area contributed by atoms with Crippen LogP contribution in [0.4, 0.5) is 4.39 Å². The molecule has 0 radical (unpaired) electrons. The molecule has 16 heavy (non-hydrogen) atoms. The molecule has 1 aromatic carbocycles. The molecule has 0 amide bonds. The molecule has 0 saturated carbocycles. The zero-order chi connectivity index (χ0) is 11.7. The summed E-state index contributed by atoms with van der Waals surface area (Å²) in [4.78, 5) is 12.1. The lowest BCUT2D eigenvalue weighted by atomic mass is 9.96. The minimum atomic E-state index is -0.321. The second-order valence-corrected chi connectivity index (χ2v) is 3.76. The Morgan fingerprint density at radius 3 is 2.38 bits per heavy atom. The van der Waals surface area contributed by atoms with Crippen molar-refractivity contribution >= 4 is 5.78 Å². The Bertz CT molecular complexity index is 504. The van der Waals surface area contributed by atoms with Gasteiger partial charge in [0.1, 0.15) is 12.1 Å². The smallest absolute Gasteiger partial charge is 0.196 e. The summed E-state index contributed by atoms with van der Waals surface area (Å²) in [6.07, 6.45) is 2.84. The summed E-state index contributed by atoms with van der Waals surface area (Å²) in [6.45, 7) is 3.45. The van der Waals surface area contributed by atoms with Crippen molar-refractivity contribution in [2.75, 3.05) is 0 Å². The number of rotatable bonds is 2. The van der Waals surface area contributed by atoms with Crippen LogP contribution in [-0.4, -0.2) is 5.78 Å². The van der Waals surface area contributed by atoms with Crippen LogP contribution in [0.1, 0.15) is 27.0 Å². The Labute approximate surface area is 92.7 Å². The summed E-state index contributed by atoms with van der Waals surface area (Å²) in [7, 11) is 0. The quantitative estimate of drug-likeness (QED) is 0.724. The van der Waals surface area contributed by atoms with Crippen LogP contribution in [0, 0.1) is 19.7 Å². The number of aryl methyl sites for hydroxylation is 2. The number of carbonyl (C=O) groups is 1. The van der Waals surface area contributed by atoms with Crippen molar-refractivity contribution in [2.45, 2.75) is 13.8 Å². The van der Waals surface area contributed by atoms with Gasteiger partial charge in [0.25, 0.3) is 0 Å². The molecule has 2 nitrogen and oxygen atoms in total. The van der Waals surface area contributed by atoms with Gasteiger partial charge < -0.3 is 4.42 Å². The maximum Gasteiger partial charge on any atom is 0.196 e. The minimum absolute atomic E-state index is 0.135. The van der Waals surface area contributed by atoms with Crippen molar-refractivity contribution in [1.82, 2.24) is 0 Å². The summed E-state index contributed by atoms with van der Waals surface area (Å²) in [5.74, 6) is -0.456. The van der Waals surface area contributed by atoms with Crippen molar-refractivity contribution in [3.05, 3.63) is 58.8 Å².